The molecule has 146 valence electrons. The van der Waals surface area contributed by atoms with Gasteiger partial charge < -0.3 is 20.5 Å². The van der Waals surface area contributed by atoms with Gasteiger partial charge in [-0.1, -0.05) is 12.1 Å². The molecule has 0 unspecified atom stereocenters. The first kappa shape index (κ1) is 19.9. The molecule has 0 atom stereocenters. The number of carbonyl (C=O) groups excluding carboxylic acids is 1. The zero-order valence-electron chi connectivity index (χ0n) is 15.8. The topological polar surface area (TPSA) is 99.6 Å². The highest BCUT2D eigenvalue weighted by Gasteiger charge is 2.33. The van der Waals surface area contributed by atoms with Crippen LogP contribution in [0.25, 0.3) is 0 Å². The molecule has 2 aromatic carbocycles. The largest absolute Gasteiger partial charge is 0.491 e. The Balaban J connectivity index is 1.43. The van der Waals surface area contributed by atoms with E-state index >= 15 is 0 Å². The fraction of sp³-hybridized carbons (Fsp3) is 0.364. The van der Waals surface area contributed by atoms with Crippen molar-refractivity contribution in [3.8, 4) is 11.8 Å². The third-order valence-electron chi connectivity index (χ3n) is 5.23. The highest BCUT2D eigenvalue weighted by atomic mass is 16.5. The number of nitrogens with zero attached hydrogens (tertiary/aromatic N) is 2. The maximum absolute atomic E-state index is 11.1. The number of aliphatic hydroxyl groups is 1. The number of nitriles is 1. The standard InChI is InChI=1S/C22H25N3O3/c23-15-18-3-1-17(2-4-18)9-12-25-13-10-22(27,11-14-25)16-28-20-7-5-19(6-8-20)21(24)26/h1-8,27H,9-14,16H2,(H2,24,26). The summed E-state index contributed by atoms with van der Waals surface area (Å²) in [5.41, 5.74) is 6.71. The molecular weight excluding hydrogens is 354 g/mol. The molecule has 3 rings (SSSR count). The summed E-state index contributed by atoms with van der Waals surface area (Å²) in [5.74, 6) is 0.139. The minimum absolute atomic E-state index is 0.229. The number of rotatable bonds is 7. The van der Waals surface area contributed by atoms with E-state index in [9.17, 15) is 9.90 Å². The number of hydrogen-bond donors (Lipinski definition) is 2. The Bertz CT molecular complexity index is 833. The van der Waals surface area contributed by atoms with E-state index in [1.165, 1.54) is 5.56 Å². The van der Waals surface area contributed by atoms with Gasteiger partial charge in [0, 0.05) is 25.2 Å². The number of piperidine rings is 1. The molecule has 0 aromatic heterocycles. The van der Waals surface area contributed by atoms with Crippen LogP contribution in [0.5, 0.6) is 5.75 Å². The van der Waals surface area contributed by atoms with Gasteiger partial charge in [-0.2, -0.15) is 5.26 Å². The Labute approximate surface area is 165 Å². The van der Waals surface area contributed by atoms with Gasteiger partial charge >= 0.3 is 0 Å². The average molecular weight is 379 g/mol. The van der Waals surface area contributed by atoms with Crippen LogP contribution in [0.2, 0.25) is 0 Å². The molecule has 1 saturated heterocycles. The summed E-state index contributed by atoms with van der Waals surface area (Å²) in [4.78, 5) is 13.4. The van der Waals surface area contributed by atoms with Gasteiger partial charge in [-0.3, -0.25) is 4.79 Å². The van der Waals surface area contributed by atoms with Crippen LogP contribution in [0.3, 0.4) is 0 Å². The lowest BCUT2D eigenvalue weighted by atomic mass is 9.92. The van der Waals surface area contributed by atoms with Crippen molar-refractivity contribution in [2.45, 2.75) is 24.9 Å². The van der Waals surface area contributed by atoms with E-state index in [0.717, 1.165) is 26.1 Å². The fourth-order valence-electron chi connectivity index (χ4n) is 3.30. The second-order valence-corrected chi connectivity index (χ2v) is 7.30. The first-order valence-corrected chi connectivity index (χ1v) is 9.44. The van der Waals surface area contributed by atoms with Crippen molar-refractivity contribution in [1.29, 1.82) is 5.26 Å². The number of carbonyl (C=O) groups is 1. The smallest absolute Gasteiger partial charge is 0.248 e. The van der Waals surface area contributed by atoms with E-state index in [2.05, 4.69) is 11.0 Å². The normalized spacial score (nSPS) is 16.3. The van der Waals surface area contributed by atoms with Crippen molar-refractivity contribution in [3.05, 3.63) is 65.2 Å². The van der Waals surface area contributed by atoms with E-state index in [-0.39, 0.29) is 6.61 Å². The van der Waals surface area contributed by atoms with Crippen LogP contribution in [0.4, 0.5) is 0 Å². The van der Waals surface area contributed by atoms with Crippen LogP contribution < -0.4 is 10.5 Å². The van der Waals surface area contributed by atoms with Gasteiger partial charge in [-0.15, -0.1) is 0 Å². The highest BCUT2D eigenvalue weighted by Crippen LogP contribution is 2.24. The number of benzene rings is 2. The van der Waals surface area contributed by atoms with Crippen molar-refractivity contribution in [3.63, 3.8) is 0 Å². The molecular formula is C22H25N3O3. The first-order valence-electron chi connectivity index (χ1n) is 9.44. The van der Waals surface area contributed by atoms with Gasteiger partial charge in [0.1, 0.15) is 18.0 Å². The second kappa shape index (κ2) is 8.87. The molecule has 1 fully saturated rings. The van der Waals surface area contributed by atoms with Gasteiger partial charge in [0.05, 0.1) is 11.6 Å². The lowest BCUT2D eigenvalue weighted by molar-refractivity contribution is -0.0521. The van der Waals surface area contributed by atoms with Crippen LogP contribution in [-0.2, 0) is 6.42 Å². The van der Waals surface area contributed by atoms with E-state index < -0.39 is 11.5 Å². The molecule has 2 aromatic rings. The van der Waals surface area contributed by atoms with Crippen molar-refractivity contribution >= 4 is 5.91 Å². The monoisotopic (exact) mass is 379 g/mol. The number of amides is 1. The molecule has 1 aliphatic heterocycles. The van der Waals surface area contributed by atoms with Gasteiger partial charge in [0.2, 0.25) is 5.91 Å². The molecule has 0 aliphatic carbocycles. The number of hydrogen-bond acceptors (Lipinski definition) is 5. The summed E-state index contributed by atoms with van der Waals surface area (Å²) in [7, 11) is 0. The molecule has 6 heteroatoms. The summed E-state index contributed by atoms with van der Waals surface area (Å²) in [5, 5.41) is 19.6. The van der Waals surface area contributed by atoms with Crippen molar-refractivity contribution < 1.29 is 14.6 Å². The Morgan fingerprint density at radius 3 is 2.36 bits per heavy atom. The first-order chi connectivity index (χ1) is 13.5. The molecule has 0 spiro atoms. The van der Waals surface area contributed by atoms with Gasteiger partial charge in [0.15, 0.2) is 0 Å². The summed E-state index contributed by atoms with van der Waals surface area (Å²) in [6.45, 7) is 2.79. The Kier molecular flexibility index (Phi) is 6.30. The Morgan fingerprint density at radius 1 is 1.14 bits per heavy atom. The van der Waals surface area contributed by atoms with Gasteiger partial charge in [-0.25, -0.2) is 0 Å². The molecule has 0 radical (unpaired) electrons. The number of nitrogens with two attached hydrogens (primary N) is 1. The van der Waals surface area contributed by atoms with Crippen molar-refractivity contribution in [2.75, 3.05) is 26.2 Å². The molecule has 1 aliphatic rings. The number of primary amides is 1. The Hall–Kier alpha value is -2.88. The molecule has 6 nitrogen and oxygen atoms in total. The maximum Gasteiger partial charge on any atom is 0.248 e. The van der Waals surface area contributed by atoms with Gasteiger partial charge in [0.25, 0.3) is 0 Å². The molecule has 1 amide bonds. The third kappa shape index (κ3) is 5.32. The summed E-state index contributed by atoms with van der Waals surface area (Å²) in [6, 6.07) is 16.4. The predicted molar refractivity (Wildman–Crippen MR) is 106 cm³/mol. The molecule has 0 saturated carbocycles. The zero-order valence-corrected chi connectivity index (χ0v) is 15.8. The third-order valence-corrected chi connectivity index (χ3v) is 5.23. The molecule has 1 heterocycles. The van der Waals surface area contributed by atoms with Crippen LogP contribution >= 0.6 is 0 Å². The van der Waals surface area contributed by atoms with Gasteiger partial charge in [-0.05, 0) is 61.2 Å². The SMILES string of the molecule is N#Cc1ccc(CCN2CCC(O)(COc3ccc(C(N)=O)cc3)CC2)cc1. The van der Waals surface area contributed by atoms with Crippen LogP contribution in [0.1, 0.15) is 34.3 Å². The van der Waals surface area contributed by atoms with Crippen LogP contribution in [0, 0.1) is 11.3 Å². The van der Waals surface area contributed by atoms with Crippen LogP contribution in [0.15, 0.2) is 48.5 Å². The second-order valence-electron chi connectivity index (χ2n) is 7.30. The van der Waals surface area contributed by atoms with Crippen molar-refractivity contribution in [2.24, 2.45) is 5.73 Å². The molecule has 28 heavy (non-hydrogen) atoms. The summed E-state index contributed by atoms with van der Waals surface area (Å²) in [6.07, 6.45) is 2.23. The summed E-state index contributed by atoms with van der Waals surface area (Å²) >= 11 is 0. The van der Waals surface area contributed by atoms with E-state index in [0.29, 0.717) is 29.7 Å². The van der Waals surface area contributed by atoms with Crippen molar-refractivity contribution in [1.82, 2.24) is 4.90 Å². The fourth-order valence-corrected chi connectivity index (χ4v) is 3.30. The predicted octanol–water partition coefficient (Wildman–Crippen LogP) is 2.11. The van der Waals surface area contributed by atoms with Crippen LogP contribution in [-0.4, -0.2) is 47.8 Å². The molecule has 3 N–H and O–H groups in total. The zero-order chi connectivity index (χ0) is 20.0. The lowest BCUT2D eigenvalue weighted by Gasteiger charge is -2.38. The minimum atomic E-state index is -0.840. The number of ether oxygens (including phenoxy) is 1. The highest BCUT2D eigenvalue weighted by molar-refractivity contribution is 5.92. The minimum Gasteiger partial charge on any atom is -0.491 e. The van der Waals surface area contributed by atoms with E-state index in [1.807, 2.05) is 24.3 Å². The number of likely N-dealkylation sites (tertiary alicyclic amines) is 1. The quantitative estimate of drug-likeness (QED) is 0.767. The van der Waals surface area contributed by atoms with E-state index in [4.69, 9.17) is 15.7 Å². The Morgan fingerprint density at radius 2 is 1.79 bits per heavy atom. The maximum atomic E-state index is 11.1. The lowest BCUT2D eigenvalue weighted by Crippen LogP contribution is -2.48. The molecule has 0 bridgehead atoms. The summed E-state index contributed by atoms with van der Waals surface area (Å²) < 4.78 is 5.72. The average Bonchev–Trinajstić information content (AvgIpc) is 2.73. The van der Waals surface area contributed by atoms with E-state index in [1.54, 1.807) is 24.3 Å².